The van der Waals surface area contributed by atoms with E-state index >= 15 is 0 Å². The molecule has 244 valence electrons. The van der Waals surface area contributed by atoms with Crippen LogP contribution in [0.15, 0.2) is 108 Å². The van der Waals surface area contributed by atoms with E-state index in [1.54, 1.807) is 28.4 Å². The van der Waals surface area contributed by atoms with Crippen molar-refractivity contribution in [3.63, 3.8) is 0 Å². The van der Waals surface area contributed by atoms with Crippen molar-refractivity contribution >= 4 is 56.4 Å². The molecule has 2 unspecified atom stereocenters. The number of hydrogen-bond acceptors (Lipinski definition) is 7. The number of fused-ring (bicyclic) bond motifs is 2. The van der Waals surface area contributed by atoms with Crippen molar-refractivity contribution in [2.45, 2.75) is 38.3 Å². The van der Waals surface area contributed by atoms with Gasteiger partial charge in [-0.15, -0.1) is 11.3 Å². The van der Waals surface area contributed by atoms with Crippen LogP contribution in [0, 0.1) is 11.3 Å². The second-order valence-corrected chi connectivity index (χ2v) is 12.8. The van der Waals surface area contributed by atoms with Crippen LogP contribution in [-0.4, -0.2) is 44.0 Å². The molecular formula is C39H31N3O6S. The van der Waals surface area contributed by atoms with Crippen molar-refractivity contribution in [3.8, 4) is 6.07 Å². The lowest BCUT2D eigenvalue weighted by molar-refractivity contribution is -0.133. The number of para-hydroxylation sites is 2. The summed E-state index contributed by atoms with van der Waals surface area (Å²) < 4.78 is 6.98. The largest absolute Gasteiger partial charge is 0.478 e. The molecule has 2 N–H and O–H groups in total. The topological polar surface area (TPSA) is 145 Å². The van der Waals surface area contributed by atoms with Crippen LogP contribution in [-0.2, 0) is 17.8 Å². The highest BCUT2D eigenvalue weighted by Gasteiger charge is 2.29. The maximum absolute atomic E-state index is 14.3. The highest BCUT2D eigenvalue weighted by molar-refractivity contribution is 7.19. The van der Waals surface area contributed by atoms with Crippen molar-refractivity contribution in [2.75, 3.05) is 0 Å². The van der Waals surface area contributed by atoms with Gasteiger partial charge in [-0.2, -0.15) is 5.26 Å². The number of aromatic carboxylic acids is 2. The molecule has 2 atom stereocenters. The molecule has 0 saturated heterocycles. The number of thiophene rings is 1. The summed E-state index contributed by atoms with van der Waals surface area (Å²) in [7, 11) is 0. The van der Waals surface area contributed by atoms with Gasteiger partial charge in [0.15, 0.2) is 5.58 Å². The molecule has 9 nitrogen and oxygen atoms in total. The Hall–Kier alpha value is -6.05. The molecule has 0 bridgehead atoms. The minimum atomic E-state index is -1.38. The number of rotatable bonds is 12. The molecule has 0 aliphatic carbocycles. The van der Waals surface area contributed by atoms with Crippen LogP contribution in [0.25, 0.3) is 27.3 Å². The molecule has 0 aliphatic heterocycles. The van der Waals surface area contributed by atoms with Crippen LogP contribution >= 0.6 is 11.3 Å². The van der Waals surface area contributed by atoms with Crippen LogP contribution in [0.5, 0.6) is 0 Å². The van der Waals surface area contributed by atoms with Gasteiger partial charge in [-0.1, -0.05) is 54.6 Å². The first-order chi connectivity index (χ1) is 23.7. The van der Waals surface area contributed by atoms with Crippen molar-refractivity contribution in [1.29, 1.82) is 5.26 Å². The monoisotopic (exact) mass is 669 g/mol. The number of nitrogens with zero attached hydrogens (tertiary/aromatic N) is 3. The third-order valence-corrected chi connectivity index (χ3v) is 9.63. The number of aromatic nitrogens is 1. The van der Waals surface area contributed by atoms with Gasteiger partial charge in [0, 0.05) is 21.5 Å². The highest BCUT2D eigenvalue weighted by atomic mass is 32.1. The molecule has 0 spiro atoms. The number of oxazole rings is 1. The summed E-state index contributed by atoms with van der Waals surface area (Å²) in [6.07, 6.45) is 4.17. The third kappa shape index (κ3) is 7.43. The SMILES string of the molecule is CC(C(C/C=C/c1nc2ccccc2o1)c1ccc(C#N)cc1)N(Cc1cc2ccccc2s1)C(=O)Cc1ccc(C(=O)O)c(C(=O)O)c1. The zero-order valence-electron chi connectivity index (χ0n) is 26.4. The van der Waals surface area contributed by atoms with Crippen LogP contribution in [0.1, 0.15) is 67.4 Å². The molecule has 49 heavy (non-hydrogen) atoms. The molecule has 0 aliphatic rings. The van der Waals surface area contributed by atoms with Gasteiger partial charge in [0.2, 0.25) is 11.8 Å². The fourth-order valence-electron chi connectivity index (χ4n) is 5.99. The molecule has 2 aromatic heterocycles. The Balaban J connectivity index is 1.35. The number of allylic oxidation sites excluding steroid dienone is 1. The minimum Gasteiger partial charge on any atom is -0.478 e. The average molecular weight is 670 g/mol. The van der Waals surface area contributed by atoms with Crippen LogP contribution in [0.3, 0.4) is 0 Å². The molecule has 0 fully saturated rings. The molecule has 10 heteroatoms. The maximum Gasteiger partial charge on any atom is 0.336 e. The van der Waals surface area contributed by atoms with Crippen LogP contribution in [0.2, 0.25) is 0 Å². The van der Waals surface area contributed by atoms with E-state index in [1.807, 2.05) is 79.7 Å². The number of carbonyl (C=O) groups excluding carboxylic acids is 1. The lowest BCUT2D eigenvalue weighted by atomic mass is 9.87. The van der Waals surface area contributed by atoms with Gasteiger partial charge < -0.3 is 19.5 Å². The first kappa shape index (κ1) is 32.9. The summed E-state index contributed by atoms with van der Waals surface area (Å²) in [4.78, 5) is 45.1. The summed E-state index contributed by atoms with van der Waals surface area (Å²) >= 11 is 1.60. The first-order valence-electron chi connectivity index (χ1n) is 15.6. The summed E-state index contributed by atoms with van der Waals surface area (Å²) in [5.74, 6) is -2.73. The van der Waals surface area contributed by atoms with Gasteiger partial charge in [-0.25, -0.2) is 14.6 Å². The Morgan fingerprint density at radius 1 is 0.939 bits per heavy atom. The van der Waals surface area contributed by atoms with Crippen LogP contribution in [0.4, 0.5) is 0 Å². The molecule has 0 saturated carbocycles. The zero-order valence-corrected chi connectivity index (χ0v) is 27.3. The fraction of sp³-hybridized carbons (Fsp3) is 0.154. The summed E-state index contributed by atoms with van der Waals surface area (Å²) in [5.41, 5.74) is 2.57. The first-order valence-corrected chi connectivity index (χ1v) is 16.4. The van der Waals surface area contributed by atoms with Gasteiger partial charge in [0.25, 0.3) is 0 Å². The lowest BCUT2D eigenvalue weighted by Gasteiger charge is -2.35. The van der Waals surface area contributed by atoms with Crippen molar-refractivity contribution in [3.05, 3.63) is 142 Å². The van der Waals surface area contributed by atoms with Crippen molar-refractivity contribution in [2.24, 2.45) is 0 Å². The quantitative estimate of drug-likeness (QED) is 0.133. The Labute approximate surface area is 286 Å². The molecule has 6 rings (SSSR count). The molecule has 6 aromatic rings. The van der Waals surface area contributed by atoms with Gasteiger partial charge in [0.05, 0.1) is 35.7 Å². The lowest BCUT2D eigenvalue weighted by Crippen LogP contribution is -2.42. The molecule has 1 amide bonds. The average Bonchev–Trinajstić information content (AvgIpc) is 3.72. The van der Waals surface area contributed by atoms with Gasteiger partial charge in [-0.3, -0.25) is 4.79 Å². The Morgan fingerprint density at radius 2 is 1.67 bits per heavy atom. The Morgan fingerprint density at radius 3 is 2.39 bits per heavy atom. The van der Waals surface area contributed by atoms with E-state index in [9.17, 15) is 29.9 Å². The maximum atomic E-state index is 14.3. The summed E-state index contributed by atoms with van der Waals surface area (Å²) in [6, 6.07) is 30.7. The van der Waals surface area contributed by atoms with Gasteiger partial charge in [-0.05, 0) is 84.5 Å². The standard InChI is InChI=1S/C39H31N3O6S/c1-24(30(27-16-13-25(22-40)14-17-27)8-6-12-36-41-33-9-3-4-10-34(33)48-36)42(23-29-21-28-7-2-5-11-35(28)49-29)37(43)20-26-15-18-31(38(44)45)32(19-26)39(46)47/h2-7,9-19,21,24,30H,8,20,23H2,1H3,(H,44,45)(H,46,47)/b12-6+. The third-order valence-electron chi connectivity index (χ3n) is 8.53. The van der Waals surface area contributed by atoms with Gasteiger partial charge >= 0.3 is 11.9 Å². The predicted octanol–water partition coefficient (Wildman–Crippen LogP) is 8.16. The zero-order chi connectivity index (χ0) is 34.5. The number of carboxylic acids is 2. The number of benzene rings is 4. The Bertz CT molecular complexity index is 2180. The minimum absolute atomic E-state index is 0.131. The number of nitriles is 1. The fourth-order valence-corrected chi connectivity index (χ4v) is 7.06. The number of amides is 1. The van der Waals surface area contributed by atoms with E-state index in [0.29, 0.717) is 35.6 Å². The van der Waals surface area contributed by atoms with Crippen molar-refractivity contribution < 1.29 is 29.0 Å². The Kier molecular flexibility index (Phi) is 9.65. The van der Waals surface area contributed by atoms with Crippen molar-refractivity contribution in [1.82, 2.24) is 9.88 Å². The normalized spacial score (nSPS) is 12.6. The van der Waals surface area contributed by atoms with E-state index in [-0.39, 0.29) is 35.4 Å². The second kappa shape index (κ2) is 14.4. The highest BCUT2D eigenvalue weighted by Crippen LogP contribution is 2.33. The summed E-state index contributed by atoms with van der Waals surface area (Å²) in [6.45, 7) is 2.29. The van der Waals surface area contributed by atoms with E-state index in [0.717, 1.165) is 26.0 Å². The predicted molar refractivity (Wildman–Crippen MR) is 187 cm³/mol. The summed E-state index contributed by atoms with van der Waals surface area (Å²) in [5, 5.41) is 29.7. The van der Waals surface area contributed by atoms with E-state index in [4.69, 9.17) is 4.42 Å². The number of carbonyl (C=O) groups is 3. The second-order valence-electron chi connectivity index (χ2n) is 11.7. The molecule has 0 radical (unpaired) electrons. The van der Waals surface area contributed by atoms with E-state index < -0.39 is 11.9 Å². The van der Waals surface area contributed by atoms with Gasteiger partial charge in [0.1, 0.15) is 5.52 Å². The smallest absolute Gasteiger partial charge is 0.336 e. The van der Waals surface area contributed by atoms with E-state index in [2.05, 4.69) is 17.1 Å². The molecular weight excluding hydrogens is 639 g/mol. The number of carboxylic acid groups (broad SMARTS) is 2. The molecule has 4 aromatic carbocycles. The number of hydrogen-bond donors (Lipinski definition) is 2. The molecule has 2 heterocycles. The van der Waals surface area contributed by atoms with Crippen LogP contribution < -0.4 is 0 Å². The van der Waals surface area contributed by atoms with E-state index in [1.165, 1.54) is 18.2 Å².